The summed E-state index contributed by atoms with van der Waals surface area (Å²) in [5.41, 5.74) is 3.00. The molecule has 0 spiro atoms. The molecule has 2 fully saturated rings. The van der Waals surface area contributed by atoms with Crippen LogP contribution in [0.1, 0.15) is 6.42 Å². The van der Waals surface area contributed by atoms with E-state index in [0.29, 0.717) is 6.23 Å². The van der Waals surface area contributed by atoms with Crippen LogP contribution in [0.25, 0.3) is 0 Å². The maximum atomic E-state index is 4.88. The van der Waals surface area contributed by atoms with E-state index in [4.69, 9.17) is 4.84 Å². The molecule has 2 atom stereocenters. The van der Waals surface area contributed by atoms with Gasteiger partial charge in [0.25, 0.3) is 0 Å². The van der Waals surface area contributed by atoms with Gasteiger partial charge in [0.15, 0.2) is 6.23 Å². The Bertz CT molecular complexity index is 67.2. The third kappa shape index (κ3) is 0.228. The average Bonchev–Trinajstić information content (AvgIpc) is 2.17. The molecule has 2 unspecified atom stereocenters. The lowest BCUT2D eigenvalue weighted by Gasteiger charge is -1.86. The summed E-state index contributed by atoms with van der Waals surface area (Å²) in [5.74, 6) is 0. The first-order valence-electron chi connectivity index (χ1n) is 2.16. The molecule has 0 aromatic rings. The third-order valence-corrected chi connectivity index (χ3v) is 1.11. The number of hydrogen-bond acceptors (Lipinski definition) is 3. The Kier molecular flexibility index (Phi) is 0.371. The summed E-state index contributed by atoms with van der Waals surface area (Å²) < 4.78 is 0. The fourth-order valence-electron chi connectivity index (χ4n) is 0.711. The average molecular weight is 86.1 g/mol. The van der Waals surface area contributed by atoms with Crippen LogP contribution in [-0.2, 0) is 4.84 Å². The molecule has 0 aliphatic carbocycles. The van der Waals surface area contributed by atoms with E-state index in [2.05, 4.69) is 5.43 Å². The van der Waals surface area contributed by atoms with Gasteiger partial charge in [-0.1, -0.05) is 5.17 Å². The van der Waals surface area contributed by atoms with Gasteiger partial charge < -0.3 is 0 Å². The highest BCUT2D eigenvalue weighted by molar-refractivity contribution is 4.69. The largest absolute Gasteiger partial charge is 0.259 e. The molecule has 3 nitrogen and oxygen atoms in total. The standard InChI is InChI=1S/C3H6N2O/c1-2-4-5-3(1)6-5/h3-4H,1-2H2. The van der Waals surface area contributed by atoms with E-state index in [9.17, 15) is 0 Å². The number of nitrogens with zero attached hydrogens (tertiary/aromatic N) is 1. The topological polar surface area (TPSA) is 27.6 Å². The highest BCUT2D eigenvalue weighted by atomic mass is 16.9. The Morgan fingerprint density at radius 1 is 1.83 bits per heavy atom. The van der Waals surface area contributed by atoms with Gasteiger partial charge in [0.1, 0.15) is 0 Å². The summed E-state index contributed by atoms with van der Waals surface area (Å²) in [6.07, 6.45) is 1.59. The van der Waals surface area contributed by atoms with Crippen LogP contribution in [0.5, 0.6) is 0 Å². The lowest BCUT2D eigenvalue weighted by Crippen LogP contribution is -2.14. The predicted molar refractivity (Wildman–Crippen MR) is 19.3 cm³/mol. The number of hydrogen-bond donors (Lipinski definition) is 1. The highest BCUT2D eigenvalue weighted by Crippen LogP contribution is 2.23. The van der Waals surface area contributed by atoms with Crippen LogP contribution in [0, 0.1) is 0 Å². The molecule has 0 bridgehead atoms. The minimum absolute atomic E-state index is 0.435. The number of hydroxylamine groups is 1. The van der Waals surface area contributed by atoms with E-state index < -0.39 is 0 Å². The Hall–Kier alpha value is -0.120. The first kappa shape index (κ1) is 2.96. The Morgan fingerprint density at radius 2 is 2.83 bits per heavy atom. The smallest absolute Gasteiger partial charge is 0.173 e. The molecule has 0 amide bonds. The fraction of sp³-hybridized carbons (Fsp3) is 1.00. The molecule has 0 radical (unpaired) electrons. The van der Waals surface area contributed by atoms with Gasteiger partial charge in [-0.25, -0.2) is 5.43 Å². The summed E-state index contributed by atoms with van der Waals surface area (Å²) in [6, 6.07) is 0. The van der Waals surface area contributed by atoms with E-state index >= 15 is 0 Å². The van der Waals surface area contributed by atoms with Crippen LogP contribution >= 0.6 is 0 Å². The first-order chi connectivity index (χ1) is 2.97. The molecule has 34 valence electrons. The molecule has 6 heavy (non-hydrogen) atoms. The zero-order chi connectivity index (χ0) is 3.98. The molecule has 0 aromatic heterocycles. The van der Waals surface area contributed by atoms with Crippen molar-refractivity contribution in [3.05, 3.63) is 0 Å². The second-order valence-electron chi connectivity index (χ2n) is 1.58. The lowest BCUT2D eigenvalue weighted by atomic mass is 10.5. The first-order valence-corrected chi connectivity index (χ1v) is 2.16. The van der Waals surface area contributed by atoms with Crippen molar-refractivity contribution < 1.29 is 4.84 Å². The number of hydrazine groups is 1. The molecule has 2 aliphatic rings. The van der Waals surface area contributed by atoms with Crippen LogP contribution in [0.4, 0.5) is 0 Å². The third-order valence-electron chi connectivity index (χ3n) is 1.11. The van der Waals surface area contributed by atoms with Crippen molar-refractivity contribution in [2.45, 2.75) is 12.6 Å². The van der Waals surface area contributed by atoms with Crippen LogP contribution in [-0.4, -0.2) is 17.9 Å². The van der Waals surface area contributed by atoms with Crippen molar-refractivity contribution in [1.29, 1.82) is 0 Å². The summed E-state index contributed by atoms with van der Waals surface area (Å²) in [4.78, 5) is 4.88. The van der Waals surface area contributed by atoms with Gasteiger partial charge in [0, 0.05) is 13.0 Å². The van der Waals surface area contributed by atoms with Gasteiger partial charge in [0.2, 0.25) is 0 Å². The van der Waals surface area contributed by atoms with Crippen LogP contribution in [0.2, 0.25) is 0 Å². The maximum absolute atomic E-state index is 4.88. The normalized spacial score (nSPS) is 52.0. The van der Waals surface area contributed by atoms with Crippen LogP contribution in [0.3, 0.4) is 0 Å². The Morgan fingerprint density at radius 3 is 3.00 bits per heavy atom. The van der Waals surface area contributed by atoms with Gasteiger partial charge in [-0.2, -0.15) is 0 Å². The zero-order valence-electron chi connectivity index (χ0n) is 3.35. The van der Waals surface area contributed by atoms with Gasteiger partial charge >= 0.3 is 0 Å². The fourth-order valence-corrected chi connectivity index (χ4v) is 0.711. The number of nitrogens with one attached hydrogen (secondary N) is 1. The van der Waals surface area contributed by atoms with Gasteiger partial charge in [0.05, 0.1) is 0 Å². The van der Waals surface area contributed by atoms with Gasteiger partial charge in [-0.15, -0.1) is 0 Å². The second-order valence-corrected chi connectivity index (χ2v) is 1.58. The van der Waals surface area contributed by atoms with E-state index in [1.54, 1.807) is 5.17 Å². The monoisotopic (exact) mass is 86.0 g/mol. The summed E-state index contributed by atoms with van der Waals surface area (Å²) in [5, 5.41) is 1.78. The molecular formula is C3H6N2O. The van der Waals surface area contributed by atoms with E-state index in [-0.39, 0.29) is 0 Å². The van der Waals surface area contributed by atoms with Crippen molar-refractivity contribution in [3.63, 3.8) is 0 Å². The van der Waals surface area contributed by atoms with Crippen molar-refractivity contribution in [1.82, 2.24) is 10.6 Å². The van der Waals surface area contributed by atoms with Crippen molar-refractivity contribution in [3.8, 4) is 0 Å². The molecular weight excluding hydrogens is 80.0 g/mol. The van der Waals surface area contributed by atoms with Crippen molar-refractivity contribution >= 4 is 0 Å². The maximum Gasteiger partial charge on any atom is 0.173 e. The van der Waals surface area contributed by atoms with Crippen molar-refractivity contribution in [2.24, 2.45) is 0 Å². The molecule has 3 heteroatoms. The number of rotatable bonds is 0. The van der Waals surface area contributed by atoms with Gasteiger partial charge in [-0.3, -0.25) is 4.84 Å². The van der Waals surface area contributed by atoms with Crippen molar-refractivity contribution in [2.75, 3.05) is 6.54 Å². The molecule has 2 aliphatic heterocycles. The predicted octanol–water partition coefficient (Wildman–Crippen LogP) is -0.532. The number of fused-ring (bicyclic) bond motifs is 1. The molecule has 0 saturated carbocycles. The lowest BCUT2D eigenvalue weighted by molar-refractivity contribution is 0.132. The quantitative estimate of drug-likeness (QED) is 0.401. The summed E-state index contributed by atoms with van der Waals surface area (Å²) >= 11 is 0. The van der Waals surface area contributed by atoms with Crippen LogP contribution < -0.4 is 5.43 Å². The molecule has 2 rings (SSSR count). The molecule has 0 aromatic carbocycles. The van der Waals surface area contributed by atoms with E-state index in [1.807, 2.05) is 0 Å². The SMILES string of the molecule is C1CC2ON2N1. The highest BCUT2D eigenvalue weighted by Gasteiger charge is 2.40. The minimum Gasteiger partial charge on any atom is -0.259 e. The molecule has 1 N–H and O–H groups in total. The summed E-state index contributed by atoms with van der Waals surface area (Å²) in [6.45, 7) is 1.09. The second kappa shape index (κ2) is 0.753. The van der Waals surface area contributed by atoms with E-state index in [1.165, 1.54) is 0 Å². The zero-order valence-corrected chi connectivity index (χ0v) is 3.35. The Labute approximate surface area is 35.8 Å². The summed E-state index contributed by atoms with van der Waals surface area (Å²) in [7, 11) is 0. The molecule has 2 saturated heterocycles. The van der Waals surface area contributed by atoms with Gasteiger partial charge in [-0.05, 0) is 0 Å². The van der Waals surface area contributed by atoms with Crippen LogP contribution in [0.15, 0.2) is 0 Å². The van der Waals surface area contributed by atoms with E-state index in [0.717, 1.165) is 13.0 Å². The Balaban J connectivity index is 2.09. The molecule has 2 heterocycles. The minimum atomic E-state index is 0.435.